The lowest BCUT2D eigenvalue weighted by Gasteiger charge is -2.14. The number of hydrogen-bond donors (Lipinski definition) is 1. The second kappa shape index (κ2) is 8.30. The smallest absolute Gasteiger partial charge is 0.0291 e. The molecule has 1 aromatic carbocycles. The van der Waals surface area contributed by atoms with Crippen LogP contribution in [-0.4, -0.2) is 6.54 Å². The van der Waals surface area contributed by atoms with Crippen molar-refractivity contribution in [2.75, 3.05) is 6.54 Å². The summed E-state index contributed by atoms with van der Waals surface area (Å²) in [5.41, 5.74) is 2.73. The van der Waals surface area contributed by atoms with Crippen LogP contribution in [0, 0.1) is 6.92 Å². The summed E-state index contributed by atoms with van der Waals surface area (Å²) in [4.78, 5) is 0. The van der Waals surface area contributed by atoms with Gasteiger partial charge >= 0.3 is 0 Å². The van der Waals surface area contributed by atoms with E-state index in [1.54, 1.807) is 0 Å². The molecule has 0 spiro atoms. The second-order valence-corrected chi connectivity index (χ2v) is 5.00. The number of rotatable bonds is 8. The van der Waals surface area contributed by atoms with Crippen LogP contribution in [0.2, 0.25) is 0 Å². The van der Waals surface area contributed by atoms with E-state index in [-0.39, 0.29) is 0 Å². The molecule has 0 aromatic heterocycles. The van der Waals surface area contributed by atoms with Crippen molar-refractivity contribution >= 4 is 0 Å². The quantitative estimate of drug-likeness (QED) is 0.646. The number of unbranched alkanes of at least 4 members (excludes halogenated alkanes) is 4. The van der Waals surface area contributed by atoms with Crippen LogP contribution in [0.15, 0.2) is 24.3 Å². The van der Waals surface area contributed by atoms with Gasteiger partial charge in [0, 0.05) is 6.04 Å². The first-order chi connectivity index (χ1) is 8.24. The fraction of sp³-hybridized carbons (Fsp3) is 0.625. The van der Waals surface area contributed by atoms with Gasteiger partial charge in [0.1, 0.15) is 0 Å². The Morgan fingerprint density at radius 3 is 2.29 bits per heavy atom. The molecule has 0 radical (unpaired) electrons. The van der Waals surface area contributed by atoms with E-state index in [1.807, 2.05) is 0 Å². The van der Waals surface area contributed by atoms with Gasteiger partial charge < -0.3 is 5.32 Å². The molecule has 1 rings (SSSR count). The second-order valence-electron chi connectivity index (χ2n) is 5.00. The molecule has 1 aromatic rings. The van der Waals surface area contributed by atoms with Gasteiger partial charge in [-0.3, -0.25) is 0 Å². The van der Waals surface area contributed by atoms with Gasteiger partial charge in [-0.25, -0.2) is 0 Å². The van der Waals surface area contributed by atoms with E-state index >= 15 is 0 Å². The van der Waals surface area contributed by atoms with Gasteiger partial charge in [0.25, 0.3) is 0 Å². The molecule has 17 heavy (non-hydrogen) atoms. The highest BCUT2D eigenvalue weighted by Gasteiger charge is 2.03. The van der Waals surface area contributed by atoms with Crippen LogP contribution in [0.5, 0.6) is 0 Å². The number of nitrogens with one attached hydrogen (secondary N) is 1. The van der Waals surface area contributed by atoms with Crippen molar-refractivity contribution < 1.29 is 0 Å². The minimum absolute atomic E-state index is 0.474. The molecule has 96 valence electrons. The zero-order chi connectivity index (χ0) is 12.5. The van der Waals surface area contributed by atoms with Crippen molar-refractivity contribution in [1.29, 1.82) is 0 Å². The Morgan fingerprint density at radius 2 is 1.65 bits per heavy atom. The zero-order valence-electron chi connectivity index (χ0n) is 11.6. The van der Waals surface area contributed by atoms with Gasteiger partial charge in [-0.15, -0.1) is 0 Å². The van der Waals surface area contributed by atoms with Crippen LogP contribution in [0.1, 0.15) is 63.1 Å². The molecule has 0 aliphatic rings. The topological polar surface area (TPSA) is 12.0 Å². The zero-order valence-corrected chi connectivity index (χ0v) is 11.6. The van der Waals surface area contributed by atoms with Crippen molar-refractivity contribution in [3.8, 4) is 0 Å². The van der Waals surface area contributed by atoms with E-state index in [2.05, 4.69) is 50.4 Å². The van der Waals surface area contributed by atoms with E-state index in [4.69, 9.17) is 0 Å². The molecule has 0 aliphatic carbocycles. The maximum Gasteiger partial charge on any atom is 0.0291 e. The molecule has 0 heterocycles. The lowest BCUT2D eigenvalue weighted by atomic mass is 10.1. The van der Waals surface area contributed by atoms with Gasteiger partial charge in [0.15, 0.2) is 0 Å². The Kier molecular flexibility index (Phi) is 6.95. The first-order valence-electron chi connectivity index (χ1n) is 7.04. The molecule has 1 nitrogen and oxygen atoms in total. The average molecular weight is 233 g/mol. The lowest BCUT2D eigenvalue weighted by Crippen LogP contribution is -2.19. The standard InChI is InChI=1S/C16H27N/c1-4-5-6-7-8-13-17-15(3)16-11-9-14(2)10-12-16/h9-12,15,17H,4-8,13H2,1-3H3. The maximum atomic E-state index is 3.60. The largest absolute Gasteiger partial charge is 0.310 e. The summed E-state index contributed by atoms with van der Waals surface area (Å²) >= 11 is 0. The van der Waals surface area contributed by atoms with Gasteiger partial charge in [0.05, 0.1) is 0 Å². The van der Waals surface area contributed by atoms with E-state index in [0.29, 0.717) is 6.04 Å². The van der Waals surface area contributed by atoms with Gasteiger partial charge in [-0.05, 0) is 32.4 Å². The monoisotopic (exact) mass is 233 g/mol. The van der Waals surface area contributed by atoms with Gasteiger partial charge in [-0.1, -0.05) is 62.4 Å². The highest BCUT2D eigenvalue weighted by atomic mass is 14.9. The highest BCUT2D eigenvalue weighted by Crippen LogP contribution is 2.13. The molecule has 1 heteroatoms. The van der Waals surface area contributed by atoms with Crippen molar-refractivity contribution in [1.82, 2.24) is 5.32 Å². The first-order valence-corrected chi connectivity index (χ1v) is 7.04. The summed E-state index contributed by atoms with van der Waals surface area (Å²) in [6.45, 7) is 7.78. The van der Waals surface area contributed by atoms with Crippen molar-refractivity contribution in [2.24, 2.45) is 0 Å². The Labute approximate surface area is 107 Å². The van der Waals surface area contributed by atoms with E-state index in [1.165, 1.54) is 43.2 Å². The van der Waals surface area contributed by atoms with Crippen LogP contribution in [0.4, 0.5) is 0 Å². The Bertz CT molecular complexity index is 289. The molecular formula is C16H27N. The van der Waals surface area contributed by atoms with Crippen molar-refractivity contribution in [3.05, 3.63) is 35.4 Å². The molecule has 0 fully saturated rings. The van der Waals surface area contributed by atoms with Crippen molar-refractivity contribution in [3.63, 3.8) is 0 Å². The van der Waals surface area contributed by atoms with Gasteiger partial charge in [-0.2, -0.15) is 0 Å². The molecule has 0 bridgehead atoms. The lowest BCUT2D eigenvalue weighted by molar-refractivity contribution is 0.531. The Morgan fingerprint density at radius 1 is 1.00 bits per heavy atom. The third-order valence-corrected chi connectivity index (χ3v) is 3.31. The van der Waals surface area contributed by atoms with Crippen LogP contribution < -0.4 is 5.32 Å². The van der Waals surface area contributed by atoms with E-state index in [9.17, 15) is 0 Å². The van der Waals surface area contributed by atoms with E-state index in [0.717, 1.165) is 6.54 Å². The Hall–Kier alpha value is -0.820. The van der Waals surface area contributed by atoms with Crippen LogP contribution in [0.3, 0.4) is 0 Å². The molecule has 1 atom stereocenters. The van der Waals surface area contributed by atoms with Crippen LogP contribution in [-0.2, 0) is 0 Å². The highest BCUT2D eigenvalue weighted by molar-refractivity contribution is 5.23. The van der Waals surface area contributed by atoms with Gasteiger partial charge in [0.2, 0.25) is 0 Å². The average Bonchev–Trinajstić information content (AvgIpc) is 2.34. The molecule has 0 saturated heterocycles. The third-order valence-electron chi connectivity index (χ3n) is 3.31. The minimum atomic E-state index is 0.474. The summed E-state index contributed by atoms with van der Waals surface area (Å²) in [7, 11) is 0. The summed E-state index contributed by atoms with van der Waals surface area (Å²) in [6.07, 6.45) is 6.76. The normalized spacial score (nSPS) is 12.6. The summed E-state index contributed by atoms with van der Waals surface area (Å²) in [5, 5.41) is 3.60. The van der Waals surface area contributed by atoms with Crippen LogP contribution >= 0.6 is 0 Å². The molecule has 1 unspecified atom stereocenters. The fourth-order valence-corrected chi connectivity index (χ4v) is 2.02. The molecule has 0 aliphatic heterocycles. The number of hydrogen-bond acceptors (Lipinski definition) is 1. The first kappa shape index (κ1) is 14.2. The number of benzene rings is 1. The molecule has 0 saturated carbocycles. The third kappa shape index (κ3) is 5.88. The minimum Gasteiger partial charge on any atom is -0.310 e. The predicted octanol–water partition coefficient (Wildman–Crippen LogP) is 4.62. The van der Waals surface area contributed by atoms with Crippen molar-refractivity contribution in [2.45, 2.75) is 58.9 Å². The Balaban J connectivity index is 2.16. The molecule has 0 amide bonds. The summed E-state index contributed by atoms with van der Waals surface area (Å²) in [5.74, 6) is 0. The summed E-state index contributed by atoms with van der Waals surface area (Å²) in [6, 6.07) is 9.30. The predicted molar refractivity (Wildman–Crippen MR) is 76.4 cm³/mol. The SMILES string of the molecule is CCCCCCCNC(C)c1ccc(C)cc1. The maximum absolute atomic E-state index is 3.60. The van der Waals surface area contributed by atoms with E-state index < -0.39 is 0 Å². The molecular weight excluding hydrogens is 206 g/mol. The number of aryl methyl sites for hydroxylation is 1. The van der Waals surface area contributed by atoms with Crippen LogP contribution in [0.25, 0.3) is 0 Å². The fourth-order valence-electron chi connectivity index (χ4n) is 2.02. The summed E-state index contributed by atoms with van der Waals surface area (Å²) < 4.78 is 0. The molecule has 1 N–H and O–H groups in total.